The SMILES string of the molecule is NCC(CN)Cc1ccncc1. The number of aromatic nitrogens is 1. The minimum absolute atomic E-state index is 0.396. The summed E-state index contributed by atoms with van der Waals surface area (Å²) in [6.07, 6.45) is 4.54. The monoisotopic (exact) mass is 165 g/mol. The van der Waals surface area contributed by atoms with E-state index in [-0.39, 0.29) is 0 Å². The Morgan fingerprint density at radius 1 is 1.17 bits per heavy atom. The molecule has 0 bridgehead atoms. The Hall–Kier alpha value is -0.930. The lowest BCUT2D eigenvalue weighted by atomic mass is 10.0. The van der Waals surface area contributed by atoms with E-state index in [0.717, 1.165) is 6.42 Å². The van der Waals surface area contributed by atoms with Crippen molar-refractivity contribution in [3.63, 3.8) is 0 Å². The van der Waals surface area contributed by atoms with Gasteiger partial charge in [0, 0.05) is 12.4 Å². The summed E-state index contributed by atoms with van der Waals surface area (Å²) in [5.74, 6) is 0.396. The zero-order valence-electron chi connectivity index (χ0n) is 7.11. The molecule has 0 atom stereocenters. The predicted octanol–water partition coefficient (Wildman–Crippen LogP) is 0.158. The topological polar surface area (TPSA) is 64.9 Å². The van der Waals surface area contributed by atoms with Gasteiger partial charge in [0.1, 0.15) is 0 Å². The maximum absolute atomic E-state index is 5.54. The van der Waals surface area contributed by atoms with E-state index in [4.69, 9.17) is 11.5 Å². The van der Waals surface area contributed by atoms with Crippen molar-refractivity contribution in [1.82, 2.24) is 4.98 Å². The Bertz CT molecular complexity index is 206. The second kappa shape index (κ2) is 4.85. The number of hydrogen-bond donors (Lipinski definition) is 2. The maximum atomic E-state index is 5.54. The van der Waals surface area contributed by atoms with Gasteiger partial charge in [0.05, 0.1) is 0 Å². The van der Waals surface area contributed by atoms with Crippen LogP contribution in [0.25, 0.3) is 0 Å². The van der Waals surface area contributed by atoms with Crippen molar-refractivity contribution >= 4 is 0 Å². The van der Waals surface area contributed by atoms with Gasteiger partial charge in [0.15, 0.2) is 0 Å². The second-order valence-corrected chi connectivity index (χ2v) is 2.90. The van der Waals surface area contributed by atoms with Gasteiger partial charge in [0.25, 0.3) is 0 Å². The van der Waals surface area contributed by atoms with Gasteiger partial charge < -0.3 is 11.5 Å². The molecule has 12 heavy (non-hydrogen) atoms. The van der Waals surface area contributed by atoms with Gasteiger partial charge in [-0.1, -0.05) is 0 Å². The molecule has 1 aromatic rings. The fourth-order valence-electron chi connectivity index (χ4n) is 1.12. The summed E-state index contributed by atoms with van der Waals surface area (Å²) in [5.41, 5.74) is 12.3. The van der Waals surface area contributed by atoms with Gasteiger partial charge in [-0.3, -0.25) is 4.98 Å². The average Bonchev–Trinajstić information content (AvgIpc) is 2.16. The number of rotatable bonds is 4. The van der Waals surface area contributed by atoms with Crippen molar-refractivity contribution in [2.75, 3.05) is 13.1 Å². The van der Waals surface area contributed by atoms with E-state index in [0.29, 0.717) is 19.0 Å². The molecule has 0 aliphatic rings. The Morgan fingerprint density at radius 3 is 2.25 bits per heavy atom. The van der Waals surface area contributed by atoms with Crippen molar-refractivity contribution < 1.29 is 0 Å². The first kappa shape index (κ1) is 9.16. The summed E-state index contributed by atoms with van der Waals surface area (Å²) in [6, 6.07) is 4.00. The van der Waals surface area contributed by atoms with E-state index < -0.39 is 0 Å². The molecule has 0 spiro atoms. The molecule has 4 N–H and O–H groups in total. The highest BCUT2D eigenvalue weighted by molar-refractivity contribution is 5.10. The molecule has 0 aliphatic carbocycles. The molecular formula is C9H15N3. The lowest BCUT2D eigenvalue weighted by molar-refractivity contribution is 0.548. The van der Waals surface area contributed by atoms with Crippen LogP contribution in [0.4, 0.5) is 0 Å². The van der Waals surface area contributed by atoms with Crippen LogP contribution in [0.5, 0.6) is 0 Å². The molecule has 0 amide bonds. The van der Waals surface area contributed by atoms with E-state index >= 15 is 0 Å². The quantitative estimate of drug-likeness (QED) is 0.668. The highest BCUT2D eigenvalue weighted by atomic mass is 14.6. The van der Waals surface area contributed by atoms with Crippen LogP contribution in [0, 0.1) is 5.92 Å². The van der Waals surface area contributed by atoms with E-state index in [2.05, 4.69) is 4.98 Å². The average molecular weight is 165 g/mol. The lowest BCUT2D eigenvalue weighted by Gasteiger charge is -2.10. The Balaban J connectivity index is 2.51. The van der Waals surface area contributed by atoms with E-state index in [9.17, 15) is 0 Å². The third-order valence-corrected chi connectivity index (χ3v) is 1.94. The standard InChI is InChI=1S/C9H15N3/c10-6-9(7-11)5-8-1-3-12-4-2-8/h1-4,9H,5-7,10-11H2. The van der Waals surface area contributed by atoms with Gasteiger partial charge in [0.2, 0.25) is 0 Å². The minimum Gasteiger partial charge on any atom is -0.330 e. The van der Waals surface area contributed by atoms with Gasteiger partial charge >= 0.3 is 0 Å². The summed E-state index contributed by atoms with van der Waals surface area (Å²) in [7, 11) is 0. The summed E-state index contributed by atoms with van der Waals surface area (Å²) in [5, 5.41) is 0. The number of hydrogen-bond acceptors (Lipinski definition) is 3. The second-order valence-electron chi connectivity index (χ2n) is 2.90. The number of nitrogens with zero attached hydrogens (tertiary/aromatic N) is 1. The number of nitrogens with two attached hydrogens (primary N) is 2. The first-order valence-corrected chi connectivity index (χ1v) is 4.16. The van der Waals surface area contributed by atoms with Crippen molar-refractivity contribution in [1.29, 1.82) is 0 Å². The van der Waals surface area contributed by atoms with Crippen LogP contribution in [-0.2, 0) is 6.42 Å². The molecule has 0 fully saturated rings. The van der Waals surface area contributed by atoms with E-state index in [1.54, 1.807) is 12.4 Å². The van der Waals surface area contributed by atoms with Crippen LogP contribution >= 0.6 is 0 Å². The van der Waals surface area contributed by atoms with Crippen LogP contribution in [0.15, 0.2) is 24.5 Å². The molecule has 0 saturated carbocycles. The molecule has 3 heteroatoms. The zero-order chi connectivity index (χ0) is 8.81. The van der Waals surface area contributed by atoms with Crippen LogP contribution in [-0.4, -0.2) is 18.1 Å². The third-order valence-electron chi connectivity index (χ3n) is 1.94. The van der Waals surface area contributed by atoms with Crippen molar-refractivity contribution in [3.05, 3.63) is 30.1 Å². The summed E-state index contributed by atoms with van der Waals surface area (Å²) < 4.78 is 0. The molecule has 0 unspecified atom stereocenters. The molecule has 0 aliphatic heterocycles. The zero-order valence-corrected chi connectivity index (χ0v) is 7.11. The van der Waals surface area contributed by atoms with Gasteiger partial charge in [-0.05, 0) is 43.1 Å². The smallest absolute Gasteiger partial charge is 0.0270 e. The largest absolute Gasteiger partial charge is 0.330 e. The fourth-order valence-corrected chi connectivity index (χ4v) is 1.12. The Morgan fingerprint density at radius 2 is 1.75 bits per heavy atom. The molecule has 1 aromatic heterocycles. The molecule has 1 heterocycles. The summed E-state index contributed by atoms with van der Waals surface area (Å²) in [6.45, 7) is 1.30. The summed E-state index contributed by atoms with van der Waals surface area (Å²) in [4.78, 5) is 3.94. The van der Waals surface area contributed by atoms with Crippen LogP contribution in [0.3, 0.4) is 0 Å². The molecule has 66 valence electrons. The molecule has 0 aromatic carbocycles. The normalized spacial score (nSPS) is 10.6. The molecular weight excluding hydrogens is 150 g/mol. The van der Waals surface area contributed by atoms with E-state index in [1.807, 2.05) is 12.1 Å². The summed E-state index contributed by atoms with van der Waals surface area (Å²) >= 11 is 0. The van der Waals surface area contributed by atoms with Gasteiger partial charge in [-0.2, -0.15) is 0 Å². The van der Waals surface area contributed by atoms with Crippen molar-refractivity contribution in [2.45, 2.75) is 6.42 Å². The van der Waals surface area contributed by atoms with Crippen LogP contribution in [0.1, 0.15) is 5.56 Å². The van der Waals surface area contributed by atoms with Crippen LogP contribution in [0.2, 0.25) is 0 Å². The van der Waals surface area contributed by atoms with Crippen molar-refractivity contribution in [3.8, 4) is 0 Å². The van der Waals surface area contributed by atoms with E-state index in [1.165, 1.54) is 5.56 Å². The molecule has 0 radical (unpaired) electrons. The highest BCUT2D eigenvalue weighted by Crippen LogP contribution is 2.04. The first-order valence-electron chi connectivity index (χ1n) is 4.16. The lowest BCUT2D eigenvalue weighted by Crippen LogP contribution is -2.25. The van der Waals surface area contributed by atoms with Crippen molar-refractivity contribution in [2.24, 2.45) is 17.4 Å². The first-order chi connectivity index (χ1) is 5.86. The highest BCUT2D eigenvalue weighted by Gasteiger charge is 2.04. The van der Waals surface area contributed by atoms with Gasteiger partial charge in [-0.15, -0.1) is 0 Å². The molecule has 1 rings (SSSR count). The fraction of sp³-hybridized carbons (Fsp3) is 0.444. The van der Waals surface area contributed by atoms with Crippen LogP contribution < -0.4 is 11.5 Å². The predicted molar refractivity (Wildman–Crippen MR) is 49.5 cm³/mol. The number of pyridine rings is 1. The minimum atomic E-state index is 0.396. The molecule has 0 saturated heterocycles. The van der Waals surface area contributed by atoms with Gasteiger partial charge in [-0.25, -0.2) is 0 Å². The molecule has 3 nitrogen and oxygen atoms in total. The Labute approximate surface area is 72.8 Å². The maximum Gasteiger partial charge on any atom is 0.0270 e. The Kier molecular flexibility index (Phi) is 3.70. The third kappa shape index (κ3) is 2.60.